The number of hydrogen-bond acceptors (Lipinski definition) is 4. The third kappa shape index (κ3) is 1.54. The first-order chi connectivity index (χ1) is 7.22. The van der Waals surface area contributed by atoms with Gasteiger partial charge in [-0.2, -0.15) is 0 Å². The molecule has 1 heterocycles. The van der Waals surface area contributed by atoms with Crippen molar-refractivity contribution in [3.8, 4) is 0 Å². The molecule has 0 fully saturated rings. The maximum Gasteiger partial charge on any atom is 0.349 e. The molecule has 2 aromatic rings. The monoisotopic (exact) mass is 203 g/mol. The van der Waals surface area contributed by atoms with Crippen LogP contribution in [-0.4, -0.2) is 5.91 Å². The van der Waals surface area contributed by atoms with Crippen LogP contribution in [0.4, 0.5) is 0 Å². The summed E-state index contributed by atoms with van der Waals surface area (Å²) in [5.41, 5.74) is -0.827. The van der Waals surface area contributed by atoms with Gasteiger partial charge in [-0.05, 0) is 12.1 Å². The minimum atomic E-state index is -1.12. The second-order valence-electron chi connectivity index (χ2n) is 2.88. The van der Waals surface area contributed by atoms with Crippen LogP contribution in [0.3, 0.4) is 0 Å². The summed E-state index contributed by atoms with van der Waals surface area (Å²) < 4.78 is 4.84. The molecule has 0 saturated heterocycles. The highest BCUT2D eigenvalue weighted by Crippen LogP contribution is 2.12. The molecule has 0 bridgehead atoms. The molecule has 0 aliphatic heterocycles. The van der Waals surface area contributed by atoms with Crippen molar-refractivity contribution in [3.63, 3.8) is 0 Å². The quantitative estimate of drug-likeness (QED) is 0.522. The van der Waals surface area contributed by atoms with E-state index in [0.29, 0.717) is 11.0 Å². The molecule has 0 aliphatic carbocycles. The Morgan fingerprint density at radius 3 is 2.73 bits per heavy atom. The van der Waals surface area contributed by atoms with Gasteiger partial charge < -0.3 is 4.42 Å². The number of carbonyl (C=O) groups is 1. The van der Waals surface area contributed by atoms with Gasteiger partial charge in [0.2, 0.25) is 0 Å². The molecule has 74 valence electrons. The smallest absolute Gasteiger partial charge is 0.349 e. The molecule has 0 saturated carbocycles. The third-order valence-electron chi connectivity index (χ3n) is 1.95. The molecule has 0 spiro atoms. The lowest BCUT2D eigenvalue weighted by Gasteiger charge is -1.96. The molecule has 0 atom stereocenters. The molecule has 0 N–H and O–H groups in total. The summed E-state index contributed by atoms with van der Waals surface area (Å²) in [6, 6.07) is 7.99. The van der Waals surface area contributed by atoms with Crippen molar-refractivity contribution in [2.45, 2.75) is 0 Å². The van der Waals surface area contributed by atoms with Crippen molar-refractivity contribution in [3.05, 3.63) is 51.2 Å². The summed E-state index contributed by atoms with van der Waals surface area (Å²) in [5.74, 6) is -1.12. The van der Waals surface area contributed by atoms with E-state index in [2.05, 4.69) is 5.18 Å². The van der Waals surface area contributed by atoms with Gasteiger partial charge in [-0.15, -0.1) is 4.91 Å². The molecular weight excluding hydrogens is 198 g/mol. The Hall–Kier alpha value is -2.30. The van der Waals surface area contributed by atoms with Gasteiger partial charge in [0, 0.05) is 10.6 Å². The van der Waals surface area contributed by atoms with Gasteiger partial charge in [0.25, 0.3) is 0 Å². The zero-order valence-electron chi connectivity index (χ0n) is 7.47. The second-order valence-corrected chi connectivity index (χ2v) is 2.88. The molecular formula is C10H5NO4. The summed E-state index contributed by atoms with van der Waals surface area (Å²) in [6.07, 6.45) is 0. The number of para-hydroxylation sites is 1. The third-order valence-corrected chi connectivity index (χ3v) is 1.95. The highest BCUT2D eigenvalue weighted by Gasteiger charge is 2.13. The number of nitroso groups, excluding NO2 is 1. The first kappa shape index (κ1) is 9.26. The largest absolute Gasteiger partial charge is 0.422 e. The average Bonchev–Trinajstić information content (AvgIpc) is 2.27. The summed E-state index contributed by atoms with van der Waals surface area (Å²) in [5, 5.41) is 2.75. The van der Waals surface area contributed by atoms with E-state index < -0.39 is 11.5 Å². The molecule has 0 unspecified atom stereocenters. The summed E-state index contributed by atoms with van der Waals surface area (Å²) in [7, 11) is 0. The standard InChI is InChI=1S/C10H5NO4/c12-9(11-14)7-5-6-3-1-2-4-8(6)15-10(7)13/h1-5H. The van der Waals surface area contributed by atoms with Crippen LogP contribution < -0.4 is 5.63 Å². The molecule has 0 radical (unpaired) electrons. The Kier molecular flexibility index (Phi) is 2.13. The van der Waals surface area contributed by atoms with Crippen LogP contribution in [-0.2, 0) is 0 Å². The van der Waals surface area contributed by atoms with Gasteiger partial charge in [0.15, 0.2) is 0 Å². The number of rotatable bonds is 1. The number of hydrogen-bond donors (Lipinski definition) is 0. The Balaban J connectivity index is 2.78. The first-order valence-electron chi connectivity index (χ1n) is 4.13. The zero-order chi connectivity index (χ0) is 10.8. The molecule has 15 heavy (non-hydrogen) atoms. The summed E-state index contributed by atoms with van der Waals surface area (Å²) >= 11 is 0. The summed E-state index contributed by atoms with van der Waals surface area (Å²) in [6.45, 7) is 0. The lowest BCUT2D eigenvalue weighted by atomic mass is 10.2. The maximum absolute atomic E-state index is 11.2. The van der Waals surface area contributed by atoms with E-state index in [1.165, 1.54) is 6.07 Å². The Morgan fingerprint density at radius 1 is 1.27 bits per heavy atom. The minimum absolute atomic E-state index is 0.344. The fourth-order valence-corrected chi connectivity index (χ4v) is 1.26. The predicted octanol–water partition coefficient (Wildman–Crippen LogP) is 1.70. The fraction of sp³-hybridized carbons (Fsp3) is 0. The Labute approximate surface area is 83.3 Å². The number of nitrogens with zero attached hydrogens (tertiary/aromatic N) is 1. The van der Waals surface area contributed by atoms with E-state index in [1.54, 1.807) is 24.3 Å². The van der Waals surface area contributed by atoms with Gasteiger partial charge >= 0.3 is 11.5 Å². The van der Waals surface area contributed by atoms with Crippen molar-refractivity contribution >= 4 is 16.9 Å². The van der Waals surface area contributed by atoms with Crippen LogP contribution in [0.2, 0.25) is 0 Å². The molecule has 5 nitrogen and oxygen atoms in total. The number of amides is 1. The number of benzene rings is 1. The average molecular weight is 203 g/mol. The van der Waals surface area contributed by atoms with Crippen molar-refractivity contribution in [2.75, 3.05) is 0 Å². The fourth-order valence-electron chi connectivity index (χ4n) is 1.26. The van der Waals surface area contributed by atoms with Gasteiger partial charge in [-0.3, -0.25) is 4.79 Å². The van der Waals surface area contributed by atoms with Crippen molar-refractivity contribution in [2.24, 2.45) is 5.18 Å². The van der Waals surface area contributed by atoms with Crippen LogP contribution >= 0.6 is 0 Å². The van der Waals surface area contributed by atoms with Crippen molar-refractivity contribution < 1.29 is 9.21 Å². The topological polar surface area (TPSA) is 76.7 Å². The molecule has 1 amide bonds. The normalized spacial score (nSPS) is 10.1. The van der Waals surface area contributed by atoms with E-state index in [9.17, 15) is 14.5 Å². The summed E-state index contributed by atoms with van der Waals surface area (Å²) in [4.78, 5) is 32.2. The Morgan fingerprint density at radius 2 is 2.00 bits per heavy atom. The molecule has 2 rings (SSSR count). The lowest BCUT2D eigenvalue weighted by Crippen LogP contribution is -2.11. The van der Waals surface area contributed by atoms with Crippen LogP contribution in [0, 0.1) is 4.91 Å². The molecule has 1 aromatic carbocycles. The molecule has 1 aromatic heterocycles. The van der Waals surface area contributed by atoms with E-state index in [1.807, 2.05) is 0 Å². The number of fused-ring (bicyclic) bond motifs is 1. The van der Waals surface area contributed by atoms with E-state index in [4.69, 9.17) is 4.42 Å². The Bertz CT molecular complexity index is 600. The van der Waals surface area contributed by atoms with Crippen LogP contribution in [0.25, 0.3) is 11.0 Å². The molecule has 5 heteroatoms. The van der Waals surface area contributed by atoms with Gasteiger partial charge in [0.05, 0.1) is 0 Å². The van der Waals surface area contributed by atoms with Gasteiger partial charge in [-0.25, -0.2) is 4.79 Å². The highest BCUT2D eigenvalue weighted by atomic mass is 16.4. The van der Waals surface area contributed by atoms with Crippen LogP contribution in [0.1, 0.15) is 10.4 Å². The lowest BCUT2D eigenvalue weighted by molar-refractivity contribution is 0.0997. The highest BCUT2D eigenvalue weighted by molar-refractivity contribution is 5.97. The van der Waals surface area contributed by atoms with E-state index >= 15 is 0 Å². The minimum Gasteiger partial charge on any atom is -0.422 e. The molecule has 0 aliphatic rings. The van der Waals surface area contributed by atoms with Gasteiger partial charge in [-0.1, -0.05) is 18.2 Å². The van der Waals surface area contributed by atoms with Crippen molar-refractivity contribution in [1.82, 2.24) is 0 Å². The van der Waals surface area contributed by atoms with E-state index in [0.717, 1.165) is 0 Å². The van der Waals surface area contributed by atoms with E-state index in [-0.39, 0.29) is 5.56 Å². The van der Waals surface area contributed by atoms with Crippen molar-refractivity contribution in [1.29, 1.82) is 0 Å². The first-order valence-corrected chi connectivity index (χ1v) is 4.13. The zero-order valence-corrected chi connectivity index (χ0v) is 7.47. The second kappa shape index (κ2) is 3.45. The van der Waals surface area contributed by atoms with Gasteiger partial charge in [0.1, 0.15) is 11.1 Å². The maximum atomic E-state index is 11.2. The van der Waals surface area contributed by atoms with Crippen LogP contribution in [0.15, 0.2) is 44.7 Å². The van der Waals surface area contributed by atoms with Crippen LogP contribution in [0.5, 0.6) is 0 Å². The predicted molar refractivity (Wildman–Crippen MR) is 52.6 cm³/mol. The number of carbonyl (C=O) groups excluding carboxylic acids is 1. The SMILES string of the molecule is O=NC(=O)c1cc2ccccc2oc1=O.